The molecule has 3 aromatic carbocycles. The quantitative estimate of drug-likeness (QED) is 0.487. The third kappa shape index (κ3) is 4.39. The zero-order valence-electron chi connectivity index (χ0n) is 18.1. The Morgan fingerprint density at radius 3 is 2.67 bits per heavy atom. The minimum absolute atomic E-state index is 0.238. The summed E-state index contributed by atoms with van der Waals surface area (Å²) < 4.78 is 18.8. The second-order valence-corrected chi connectivity index (χ2v) is 7.61. The van der Waals surface area contributed by atoms with Crippen LogP contribution in [-0.2, 0) is 0 Å². The molecule has 166 valence electrons. The van der Waals surface area contributed by atoms with Crippen molar-refractivity contribution in [2.45, 2.75) is 6.10 Å². The van der Waals surface area contributed by atoms with E-state index in [0.29, 0.717) is 41.7 Å². The molecule has 1 N–H and O–H groups in total. The summed E-state index contributed by atoms with van der Waals surface area (Å²) in [5.41, 5.74) is 2.69. The monoisotopic (exact) mass is 441 g/mol. The molecule has 0 fully saturated rings. The number of hydrogen-bond donors (Lipinski definition) is 1. The highest BCUT2D eigenvalue weighted by Gasteiger charge is 2.23. The second kappa shape index (κ2) is 9.08. The molecule has 1 unspecified atom stereocenters. The van der Waals surface area contributed by atoms with Crippen molar-refractivity contribution in [3.8, 4) is 34.2 Å². The summed E-state index contributed by atoms with van der Waals surface area (Å²) in [5.74, 6) is 1.85. The molecule has 0 aliphatic carbocycles. The van der Waals surface area contributed by atoms with Gasteiger partial charge in [0.15, 0.2) is 11.5 Å². The molecule has 7 nitrogen and oxygen atoms in total. The molecule has 0 saturated heterocycles. The van der Waals surface area contributed by atoms with E-state index in [1.54, 1.807) is 18.0 Å². The molecule has 0 radical (unpaired) electrons. The Balaban J connectivity index is 1.40. The predicted octanol–water partition coefficient (Wildman–Crippen LogP) is 4.12. The smallest absolute Gasteiger partial charge is 0.255 e. The number of benzene rings is 3. The number of carbonyl (C=O) groups excluding carboxylic acids is 1. The Morgan fingerprint density at radius 2 is 1.85 bits per heavy atom. The van der Waals surface area contributed by atoms with Gasteiger partial charge < -0.3 is 19.5 Å². The molecular formula is C26H23N3O4. The summed E-state index contributed by atoms with van der Waals surface area (Å²) in [7, 11) is 1.61. The van der Waals surface area contributed by atoms with Gasteiger partial charge >= 0.3 is 0 Å². The van der Waals surface area contributed by atoms with Gasteiger partial charge in [-0.25, -0.2) is 4.68 Å². The van der Waals surface area contributed by atoms with Crippen molar-refractivity contribution in [2.24, 2.45) is 0 Å². The van der Waals surface area contributed by atoms with Crippen LogP contribution >= 0.6 is 0 Å². The third-order valence-corrected chi connectivity index (χ3v) is 5.38. The lowest BCUT2D eigenvalue weighted by Gasteiger charge is -2.26. The maximum atomic E-state index is 13.2. The fourth-order valence-electron chi connectivity index (χ4n) is 3.70. The van der Waals surface area contributed by atoms with Crippen LogP contribution in [0.1, 0.15) is 10.4 Å². The number of fused-ring (bicyclic) bond motifs is 1. The predicted molar refractivity (Wildman–Crippen MR) is 124 cm³/mol. The first-order valence-electron chi connectivity index (χ1n) is 10.7. The van der Waals surface area contributed by atoms with Gasteiger partial charge in [-0.3, -0.25) is 4.79 Å². The fourth-order valence-corrected chi connectivity index (χ4v) is 3.70. The van der Waals surface area contributed by atoms with Crippen LogP contribution in [0.3, 0.4) is 0 Å². The molecule has 2 heterocycles. The maximum absolute atomic E-state index is 13.2. The molecule has 1 aromatic heterocycles. The molecule has 33 heavy (non-hydrogen) atoms. The molecule has 5 rings (SSSR count). The summed E-state index contributed by atoms with van der Waals surface area (Å²) in [6.45, 7) is 0.671. The van der Waals surface area contributed by atoms with Gasteiger partial charge in [0.05, 0.1) is 24.9 Å². The Kier molecular flexibility index (Phi) is 5.68. The van der Waals surface area contributed by atoms with Crippen LogP contribution in [0.2, 0.25) is 0 Å². The summed E-state index contributed by atoms with van der Waals surface area (Å²) >= 11 is 0. The number of rotatable bonds is 6. The van der Waals surface area contributed by atoms with Crippen molar-refractivity contribution in [3.63, 3.8) is 0 Å². The minimum atomic E-state index is -0.284. The normalized spacial score (nSPS) is 14.5. The van der Waals surface area contributed by atoms with E-state index < -0.39 is 0 Å². The van der Waals surface area contributed by atoms with Gasteiger partial charge in [0.1, 0.15) is 24.2 Å². The van der Waals surface area contributed by atoms with E-state index >= 15 is 0 Å². The molecule has 0 bridgehead atoms. The SMILES string of the molecule is COc1cccc(-c2nn(-c3ccccc3)cc2C(=O)NCC2COc3ccccc3O2)c1. The molecule has 7 heteroatoms. The van der Waals surface area contributed by atoms with E-state index in [4.69, 9.17) is 19.3 Å². The van der Waals surface area contributed by atoms with E-state index in [1.807, 2.05) is 78.9 Å². The van der Waals surface area contributed by atoms with Crippen molar-refractivity contribution in [2.75, 3.05) is 20.3 Å². The number of amides is 1. The number of nitrogens with zero attached hydrogens (tertiary/aromatic N) is 2. The Bertz CT molecular complexity index is 1270. The van der Waals surface area contributed by atoms with Crippen molar-refractivity contribution in [3.05, 3.63) is 90.6 Å². The van der Waals surface area contributed by atoms with E-state index in [9.17, 15) is 4.79 Å². The molecule has 1 aliphatic heterocycles. The number of nitrogens with one attached hydrogen (secondary N) is 1. The van der Waals surface area contributed by atoms with E-state index in [1.165, 1.54) is 0 Å². The van der Waals surface area contributed by atoms with Crippen LogP contribution in [0, 0.1) is 0 Å². The van der Waals surface area contributed by atoms with Crippen molar-refractivity contribution >= 4 is 5.91 Å². The maximum Gasteiger partial charge on any atom is 0.255 e. The third-order valence-electron chi connectivity index (χ3n) is 5.38. The highest BCUT2D eigenvalue weighted by atomic mass is 16.6. The van der Waals surface area contributed by atoms with Gasteiger partial charge in [-0.15, -0.1) is 0 Å². The molecule has 1 amide bonds. The lowest BCUT2D eigenvalue weighted by Crippen LogP contribution is -2.40. The lowest BCUT2D eigenvalue weighted by atomic mass is 10.1. The van der Waals surface area contributed by atoms with Crippen LogP contribution in [-0.4, -0.2) is 42.1 Å². The van der Waals surface area contributed by atoms with Crippen LogP contribution in [0.4, 0.5) is 0 Å². The van der Waals surface area contributed by atoms with Crippen molar-refractivity contribution in [1.82, 2.24) is 15.1 Å². The first-order chi connectivity index (χ1) is 16.2. The van der Waals surface area contributed by atoms with Gasteiger partial charge in [-0.1, -0.05) is 42.5 Å². The fraction of sp³-hybridized carbons (Fsp3) is 0.154. The second-order valence-electron chi connectivity index (χ2n) is 7.61. The average Bonchev–Trinajstić information content (AvgIpc) is 3.33. The first kappa shape index (κ1) is 20.6. The molecule has 0 spiro atoms. The van der Waals surface area contributed by atoms with E-state index in [0.717, 1.165) is 11.3 Å². The van der Waals surface area contributed by atoms with Gasteiger partial charge in [-0.2, -0.15) is 5.10 Å². The highest BCUT2D eigenvalue weighted by molar-refractivity contribution is 6.00. The van der Waals surface area contributed by atoms with Gasteiger partial charge in [0, 0.05) is 11.8 Å². The standard InChI is InChI=1S/C26H23N3O4/c1-31-20-11-7-8-18(14-20)25-22(16-29(28-25)19-9-3-2-4-10-19)26(30)27-15-21-17-32-23-12-5-6-13-24(23)33-21/h2-14,16,21H,15,17H2,1H3,(H,27,30). The Morgan fingerprint density at radius 1 is 1.06 bits per heavy atom. The number of carbonyl (C=O) groups is 1. The summed E-state index contributed by atoms with van der Waals surface area (Å²) in [6.07, 6.45) is 1.46. The highest BCUT2D eigenvalue weighted by Crippen LogP contribution is 2.31. The van der Waals surface area contributed by atoms with Crippen LogP contribution in [0.5, 0.6) is 17.2 Å². The Hall–Kier alpha value is -4.26. The average molecular weight is 441 g/mol. The molecule has 1 aliphatic rings. The number of hydrogen-bond acceptors (Lipinski definition) is 5. The van der Waals surface area contributed by atoms with Crippen LogP contribution in [0.25, 0.3) is 16.9 Å². The summed E-state index contributed by atoms with van der Waals surface area (Å²) in [4.78, 5) is 13.2. The van der Waals surface area contributed by atoms with E-state index in [2.05, 4.69) is 5.32 Å². The van der Waals surface area contributed by atoms with Crippen molar-refractivity contribution < 1.29 is 19.0 Å². The topological polar surface area (TPSA) is 74.6 Å². The largest absolute Gasteiger partial charge is 0.497 e. The first-order valence-corrected chi connectivity index (χ1v) is 10.7. The van der Waals surface area contributed by atoms with Gasteiger partial charge in [0.25, 0.3) is 5.91 Å². The number of para-hydroxylation sites is 3. The number of methoxy groups -OCH3 is 1. The van der Waals surface area contributed by atoms with Gasteiger partial charge in [0.2, 0.25) is 0 Å². The molecule has 4 aromatic rings. The minimum Gasteiger partial charge on any atom is -0.497 e. The zero-order valence-corrected chi connectivity index (χ0v) is 18.1. The lowest BCUT2D eigenvalue weighted by molar-refractivity contribution is 0.0789. The molecule has 0 saturated carbocycles. The molecule has 1 atom stereocenters. The van der Waals surface area contributed by atoms with Crippen LogP contribution < -0.4 is 19.5 Å². The number of ether oxygens (including phenoxy) is 3. The van der Waals surface area contributed by atoms with Crippen LogP contribution in [0.15, 0.2) is 85.1 Å². The molecular weight excluding hydrogens is 418 g/mol. The number of aromatic nitrogens is 2. The Labute approximate surface area is 191 Å². The van der Waals surface area contributed by atoms with Gasteiger partial charge in [-0.05, 0) is 36.4 Å². The summed E-state index contributed by atoms with van der Waals surface area (Å²) in [5, 5.41) is 7.69. The summed E-state index contributed by atoms with van der Waals surface area (Å²) in [6, 6.07) is 24.7. The zero-order chi connectivity index (χ0) is 22.6. The van der Waals surface area contributed by atoms with E-state index in [-0.39, 0.29) is 12.0 Å². The van der Waals surface area contributed by atoms with Crippen molar-refractivity contribution in [1.29, 1.82) is 0 Å².